The van der Waals surface area contributed by atoms with E-state index in [0.717, 1.165) is 22.4 Å². The van der Waals surface area contributed by atoms with Crippen molar-refractivity contribution in [2.75, 3.05) is 20.3 Å². The number of amides is 1. The van der Waals surface area contributed by atoms with Crippen molar-refractivity contribution in [3.05, 3.63) is 48.3 Å². The highest BCUT2D eigenvalue weighted by atomic mass is 35.5. The number of hydrogen-bond acceptors (Lipinski definition) is 6. The molecule has 0 aliphatic heterocycles. The Morgan fingerprint density at radius 3 is 2.88 bits per heavy atom. The zero-order valence-corrected chi connectivity index (χ0v) is 15.4. The molecule has 0 saturated carbocycles. The molecule has 0 atom stereocenters. The van der Waals surface area contributed by atoms with Gasteiger partial charge in [-0.1, -0.05) is 18.2 Å². The van der Waals surface area contributed by atoms with Crippen LogP contribution in [0.5, 0.6) is 5.75 Å². The van der Waals surface area contributed by atoms with Crippen LogP contribution < -0.4 is 15.9 Å². The third-order valence-corrected chi connectivity index (χ3v) is 3.50. The van der Waals surface area contributed by atoms with Crippen LogP contribution >= 0.6 is 12.4 Å². The number of ether oxygens (including phenoxy) is 2. The first-order valence-corrected chi connectivity index (χ1v) is 7.90. The van der Waals surface area contributed by atoms with Gasteiger partial charge in [0.1, 0.15) is 18.7 Å². The lowest BCUT2D eigenvalue weighted by Crippen LogP contribution is -2.22. The van der Waals surface area contributed by atoms with E-state index < -0.39 is 0 Å². The Kier molecular flexibility index (Phi) is 9.74. The normalized spacial score (nSPS) is 10.3. The molecule has 0 saturated heterocycles. The number of carbonyl (C=O) groups is 1. The predicted molar refractivity (Wildman–Crippen MR) is 103 cm³/mol. The molecule has 1 heterocycles. The second-order valence-electron chi connectivity index (χ2n) is 5.26. The minimum Gasteiger partial charge on any atom is -0.491 e. The number of nitrogens with one attached hydrogen (secondary N) is 1. The summed E-state index contributed by atoms with van der Waals surface area (Å²) in [6.45, 7) is 0.943. The van der Waals surface area contributed by atoms with Crippen LogP contribution in [0.1, 0.15) is 12.0 Å². The van der Waals surface area contributed by atoms with Crippen LogP contribution in [0, 0.1) is 0 Å². The first kappa shape index (κ1) is 21.4. The van der Waals surface area contributed by atoms with Gasteiger partial charge in [-0.3, -0.25) is 9.78 Å². The lowest BCUT2D eigenvalue weighted by molar-refractivity contribution is -0.119. The number of hydrazone groups is 1. The van der Waals surface area contributed by atoms with Crippen LogP contribution in [-0.2, 0) is 16.0 Å². The highest BCUT2D eigenvalue weighted by Crippen LogP contribution is 2.31. The third-order valence-electron chi connectivity index (χ3n) is 3.50. The highest BCUT2D eigenvalue weighted by Gasteiger charge is 2.09. The third kappa shape index (κ3) is 6.70. The summed E-state index contributed by atoms with van der Waals surface area (Å²) in [5, 5.41) is 5.72. The van der Waals surface area contributed by atoms with Crippen LogP contribution in [0.3, 0.4) is 0 Å². The molecule has 1 amide bonds. The Morgan fingerprint density at radius 2 is 2.19 bits per heavy atom. The number of nitrogens with zero attached hydrogens (tertiary/aromatic N) is 2. The average Bonchev–Trinajstić information content (AvgIpc) is 2.65. The molecule has 26 heavy (non-hydrogen) atoms. The molecule has 8 heteroatoms. The monoisotopic (exact) mass is 378 g/mol. The van der Waals surface area contributed by atoms with Gasteiger partial charge < -0.3 is 20.6 Å². The summed E-state index contributed by atoms with van der Waals surface area (Å²) in [7, 11) is 1.63. The van der Waals surface area contributed by atoms with Crippen molar-refractivity contribution in [1.29, 1.82) is 0 Å². The van der Waals surface area contributed by atoms with Gasteiger partial charge in [-0.2, -0.15) is 5.10 Å². The van der Waals surface area contributed by atoms with E-state index in [2.05, 4.69) is 15.4 Å². The summed E-state index contributed by atoms with van der Waals surface area (Å²) in [4.78, 5) is 15.8. The molecule has 2 aromatic rings. The molecule has 140 valence electrons. The molecular formula is C18H23ClN4O3. The lowest BCUT2D eigenvalue weighted by Gasteiger charge is -2.13. The van der Waals surface area contributed by atoms with Crippen molar-refractivity contribution < 1.29 is 14.3 Å². The molecule has 0 unspecified atom stereocenters. The van der Waals surface area contributed by atoms with Crippen LogP contribution in [-0.4, -0.2) is 37.6 Å². The summed E-state index contributed by atoms with van der Waals surface area (Å²) < 4.78 is 10.9. The minimum absolute atomic E-state index is 0. The first-order chi connectivity index (χ1) is 12.2. The van der Waals surface area contributed by atoms with Crippen molar-refractivity contribution >= 4 is 24.7 Å². The first-order valence-electron chi connectivity index (χ1n) is 7.90. The van der Waals surface area contributed by atoms with Crippen LogP contribution in [0.25, 0.3) is 11.1 Å². The maximum Gasteiger partial charge on any atom is 0.225 e. The number of nitrogens with two attached hydrogens (primary N) is 1. The van der Waals surface area contributed by atoms with Gasteiger partial charge in [-0.25, -0.2) is 0 Å². The van der Waals surface area contributed by atoms with E-state index in [-0.39, 0.29) is 18.3 Å². The van der Waals surface area contributed by atoms with Gasteiger partial charge in [0, 0.05) is 37.1 Å². The standard InChI is InChI=1S/C18H22N4O3.ClH/c1-24-9-10-25-17-11-14(5-7-18(23)21-13-22-19)4-6-16(17)15-3-2-8-20-12-15;/h2-4,6,8,11-13H,5,7,9-10,19H2,1H3,(H,21,22,23);1H. The molecule has 0 spiro atoms. The fourth-order valence-corrected chi connectivity index (χ4v) is 2.28. The Balaban J connectivity index is 0.00000338. The molecule has 0 aliphatic carbocycles. The minimum atomic E-state index is -0.146. The number of pyridine rings is 1. The Hall–Kier alpha value is -2.64. The van der Waals surface area contributed by atoms with Crippen LogP contribution in [0.4, 0.5) is 0 Å². The van der Waals surface area contributed by atoms with Gasteiger partial charge in [0.05, 0.1) is 6.61 Å². The topological polar surface area (TPSA) is 98.8 Å². The Morgan fingerprint density at radius 1 is 1.35 bits per heavy atom. The predicted octanol–water partition coefficient (Wildman–Crippen LogP) is 2.15. The van der Waals surface area contributed by atoms with E-state index in [4.69, 9.17) is 15.3 Å². The summed E-state index contributed by atoms with van der Waals surface area (Å²) in [5.74, 6) is 5.55. The summed E-state index contributed by atoms with van der Waals surface area (Å²) in [6, 6.07) is 9.77. The molecule has 2 rings (SSSR count). The number of rotatable bonds is 9. The van der Waals surface area contributed by atoms with Crippen molar-refractivity contribution in [2.45, 2.75) is 12.8 Å². The number of methoxy groups -OCH3 is 1. The van der Waals surface area contributed by atoms with E-state index in [1.165, 1.54) is 6.34 Å². The maximum absolute atomic E-state index is 11.6. The van der Waals surface area contributed by atoms with E-state index in [1.54, 1.807) is 19.5 Å². The largest absolute Gasteiger partial charge is 0.491 e. The van der Waals surface area contributed by atoms with Gasteiger partial charge in [0.25, 0.3) is 0 Å². The summed E-state index contributed by atoms with van der Waals surface area (Å²) in [6.07, 6.45) is 5.60. The van der Waals surface area contributed by atoms with Crippen molar-refractivity contribution in [3.8, 4) is 16.9 Å². The average molecular weight is 379 g/mol. The summed E-state index contributed by atoms with van der Waals surface area (Å²) >= 11 is 0. The lowest BCUT2D eigenvalue weighted by atomic mass is 10.0. The van der Waals surface area contributed by atoms with E-state index in [9.17, 15) is 4.79 Å². The molecule has 0 aliphatic rings. The fourth-order valence-electron chi connectivity index (χ4n) is 2.28. The summed E-state index contributed by atoms with van der Waals surface area (Å²) in [5.41, 5.74) is 2.92. The molecule has 1 aromatic heterocycles. The molecule has 7 nitrogen and oxygen atoms in total. The zero-order chi connectivity index (χ0) is 17.9. The number of hydrogen-bond donors (Lipinski definition) is 2. The fraction of sp³-hybridized carbons (Fsp3) is 0.278. The highest BCUT2D eigenvalue weighted by molar-refractivity contribution is 5.87. The SMILES string of the molecule is COCCOc1cc(CCC(=O)N/C=N/N)ccc1-c1cccnc1.Cl. The maximum atomic E-state index is 11.6. The van der Waals surface area contributed by atoms with E-state index >= 15 is 0 Å². The number of aryl methyl sites for hydroxylation is 1. The van der Waals surface area contributed by atoms with Gasteiger partial charge in [-0.15, -0.1) is 12.4 Å². The van der Waals surface area contributed by atoms with Gasteiger partial charge >= 0.3 is 0 Å². The number of benzene rings is 1. The molecule has 0 bridgehead atoms. The molecule has 1 aromatic carbocycles. The number of halogens is 1. The smallest absolute Gasteiger partial charge is 0.225 e. The zero-order valence-electron chi connectivity index (χ0n) is 14.6. The Bertz CT molecular complexity index is 711. The molecular weight excluding hydrogens is 356 g/mol. The second-order valence-corrected chi connectivity index (χ2v) is 5.26. The van der Waals surface area contributed by atoms with E-state index in [1.807, 2.05) is 30.3 Å². The van der Waals surface area contributed by atoms with Crippen molar-refractivity contribution in [3.63, 3.8) is 0 Å². The molecule has 0 fully saturated rings. The Labute approximate surface area is 159 Å². The van der Waals surface area contributed by atoms with Gasteiger partial charge in [-0.05, 0) is 24.1 Å². The molecule has 3 N–H and O–H groups in total. The van der Waals surface area contributed by atoms with Crippen LogP contribution in [0.2, 0.25) is 0 Å². The number of carbonyl (C=O) groups excluding carboxylic acids is 1. The quantitative estimate of drug-likeness (QED) is 0.229. The van der Waals surface area contributed by atoms with Crippen LogP contribution in [0.15, 0.2) is 47.8 Å². The number of aromatic nitrogens is 1. The van der Waals surface area contributed by atoms with Crippen molar-refractivity contribution in [2.24, 2.45) is 10.9 Å². The van der Waals surface area contributed by atoms with E-state index in [0.29, 0.717) is 26.1 Å². The van der Waals surface area contributed by atoms with Gasteiger partial charge in [0.2, 0.25) is 5.91 Å². The van der Waals surface area contributed by atoms with Gasteiger partial charge in [0.15, 0.2) is 0 Å². The van der Waals surface area contributed by atoms with Crippen molar-refractivity contribution in [1.82, 2.24) is 10.3 Å². The second kappa shape index (κ2) is 11.8. The molecule has 0 radical (unpaired) electrons.